The normalized spacial score (nSPS) is 10.4. The van der Waals surface area contributed by atoms with Crippen LogP contribution in [0.15, 0.2) is 22.7 Å². The van der Waals surface area contributed by atoms with Gasteiger partial charge in [0.15, 0.2) is 5.82 Å². The van der Waals surface area contributed by atoms with E-state index in [1.807, 2.05) is 26.0 Å². The molecule has 2 N–H and O–H groups in total. The van der Waals surface area contributed by atoms with Crippen molar-refractivity contribution < 1.29 is 14.1 Å². The molecule has 1 heterocycles. The Morgan fingerprint density at radius 3 is 2.65 bits per heavy atom. The molecule has 0 atom stereocenters. The molecular weight excluding hydrogens is 296 g/mol. The number of anilines is 1. The van der Waals surface area contributed by atoms with Crippen LogP contribution in [0.2, 0.25) is 0 Å². The Labute approximate surface area is 134 Å². The van der Waals surface area contributed by atoms with E-state index in [2.05, 4.69) is 20.8 Å². The summed E-state index contributed by atoms with van der Waals surface area (Å²) in [6.45, 7) is 5.95. The van der Waals surface area contributed by atoms with Gasteiger partial charge in [-0.05, 0) is 44.4 Å². The first-order chi connectivity index (χ1) is 11.0. The number of carbonyl (C=O) groups is 2. The van der Waals surface area contributed by atoms with Crippen molar-refractivity contribution in [3.8, 4) is 0 Å². The summed E-state index contributed by atoms with van der Waals surface area (Å²) in [7, 11) is 0. The fraction of sp³-hybridized carbons (Fsp3) is 0.375. The van der Waals surface area contributed by atoms with Gasteiger partial charge in [0.05, 0.1) is 0 Å². The molecule has 0 unspecified atom stereocenters. The lowest BCUT2D eigenvalue weighted by Crippen LogP contribution is -2.36. The zero-order valence-corrected chi connectivity index (χ0v) is 13.5. The van der Waals surface area contributed by atoms with Crippen LogP contribution in [0, 0.1) is 20.8 Å². The molecule has 2 aromatic rings. The number of hydrogen-bond donors (Lipinski definition) is 2. The maximum Gasteiger partial charge on any atom is 0.313 e. The van der Waals surface area contributed by atoms with Crippen LogP contribution >= 0.6 is 0 Å². The SMILES string of the molecule is Cc1noc(CCCNC(=O)C(=O)Nc2cccc(C)c2C)n1. The van der Waals surface area contributed by atoms with Crippen molar-refractivity contribution in [2.75, 3.05) is 11.9 Å². The van der Waals surface area contributed by atoms with Gasteiger partial charge in [-0.2, -0.15) is 4.98 Å². The van der Waals surface area contributed by atoms with E-state index in [1.165, 1.54) is 0 Å². The number of carbonyl (C=O) groups excluding carboxylic acids is 2. The van der Waals surface area contributed by atoms with Gasteiger partial charge in [0, 0.05) is 18.7 Å². The lowest BCUT2D eigenvalue weighted by atomic mass is 10.1. The van der Waals surface area contributed by atoms with Gasteiger partial charge in [0.25, 0.3) is 0 Å². The van der Waals surface area contributed by atoms with Gasteiger partial charge in [0.1, 0.15) is 0 Å². The van der Waals surface area contributed by atoms with E-state index in [4.69, 9.17) is 4.52 Å². The highest BCUT2D eigenvalue weighted by atomic mass is 16.5. The molecule has 0 spiro atoms. The average molecular weight is 316 g/mol. The van der Waals surface area contributed by atoms with Crippen molar-refractivity contribution in [3.63, 3.8) is 0 Å². The minimum atomic E-state index is -0.674. The molecule has 23 heavy (non-hydrogen) atoms. The van der Waals surface area contributed by atoms with E-state index in [1.54, 1.807) is 13.0 Å². The summed E-state index contributed by atoms with van der Waals surface area (Å²) in [5.41, 5.74) is 2.64. The van der Waals surface area contributed by atoms with Gasteiger partial charge in [-0.1, -0.05) is 17.3 Å². The molecule has 1 aromatic carbocycles. The van der Waals surface area contributed by atoms with E-state index in [9.17, 15) is 9.59 Å². The Morgan fingerprint density at radius 2 is 1.96 bits per heavy atom. The molecule has 0 aliphatic heterocycles. The molecule has 0 radical (unpaired) electrons. The number of amides is 2. The smallest absolute Gasteiger partial charge is 0.313 e. The maximum atomic E-state index is 11.9. The van der Waals surface area contributed by atoms with Crippen LogP contribution in [-0.4, -0.2) is 28.5 Å². The molecule has 0 aliphatic rings. The Bertz CT molecular complexity index is 709. The zero-order chi connectivity index (χ0) is 16.8. The Hall–Kier alpha value is -2.70. The van der Waals surface area contributed by atoms with Crippen molar-refractivity contribution >= 4 is 17.5 Å². The zero-order valence-electron chi connectivity index (χ0n) is 13.5. The fourth-order valence-corrected chi connectivity index (χ4v) is 2.03. The van der Waals surface area contributed by atoms with Gasteiger partial charge in [0.2, 0.25) is 5.89 Å². The van der Waals surface area contributed by atoms with E-state index in [0.717, 1.165) is 11.1 Å². The monoisotopic (exact) mass is 316 g/mol. The molecule has 2 rings (SSSR count). The topological polar surface area (TPSA) is 97.1 Å². The molecular formula is C16H20N4O3. The lowest BCUT2D eigenvalue weighted by Gasteiger charge is -2.10. The van der Waals surface area contributed by atoms with Crippen LogP contribution in [0.1, 0.15) is 29.3 Å². The third kappa shape index (κ3) is 4.64. The first-order valence-electron chi connectivity index (χ1n) is 7.42. The van der Waals surface area contributed by atoms with E-state index >= 15 is 0 Å². The van der Waals surface area contributed by atoms with Crippen LogP contribution in [0.5, 0.6) is 0 Å². The largest absolute Gasteiger partial charge is 0.348 e. The number of benzene rings is 1. The number of aromatic nitrogens is 2. The number of nitrogens with one attached hydrogen (secondary N) is 2. The predicted octanol–water partition coefficient (Wildman–Crippen LogP) is 1.68. The van der Waals surface area contributed by atoms with Crippen LogP contribution in [0.4, 0.5) is 5.69 Å². The standard InChI is InChI=1S/C16H20N4O3/c1-10-6-4-7-13(11(10)2)19-16(22)15(21)17-9-5-8-14-18-12(3)20-23-14/h4,6-7H,5,8-9H2,1-3H3,(H,17,21)(H,19,22). The molecule has 2 amide bonds. The summed E-state index contributed by atoms with van der Waals surface area (Å²) in [6, 6.07) is 5.55. The summed E-state index contributed by atoms with van der Waals surface area (Å²) >= 11 is 0. The fourth-order valence-electron chi connectivity index (χ4n) is 2.03. The van der Waals surface area contributed by atoms with Gasteiger partial charge >= 0.3 is 11.8 Å². The van der Waals surface area contributed by atoms with Gasteiger partial charge in [-0.15, -0.1) is 0 Å². The molecule has 122 valence electrons. The van der Waals surface area contributed by atoms with Gasteiger partial charge in [-0.25, -0.2) is 0 Å². The second-order valence-electron chi connectivity index (χ2n) is 5.30. The molecule has 1 aromatic heterocycles. The van der Waals surface area contributed by atoms with E-state index in [0.29, 0.717) is 36.8 Å². The van der Waals surface area contributed by atoms with Crippen LogP contribution in [0.3, 0.4) is 0 Å². The second-order valence-corrected chi connectivity index (χ2v) is 5.30. The van der Waals surface area contributed by atoms with Crippen LogP contribution in [-0.2, 0) is 16.0 Å². The molecule has 0 aliphatic carbocycles. The minimum Gasteiger partial charge on any atom is -0.348 e. The first-order valence-corrected chi connectivity index (χ1v) is 7.42. The molecule has 7 nitrogen and oxygen atoms in total. The average Bonchev–Trinajstić information content (AvgIpc) is 2.93. The van der Waals surface area contributed by atoms with Crippen LogP contribution in [0.25, 0.3) is 0 Å². The highest BCUT2D eigenvalue weighted by Crippen LogP contribution is 2.17. The second kappa shape index (κ2) is 7.53. The highest BCUT2D eigenvalue weighted by Gasteiger charge is 2.14. The summed E-state index contributed by atoms with van der Waals surface area (Å²) in [6.07, 6.45) is 1.17. The highest BCUT2D eigenvalue weighted by molar-refractivity contribution is 6.39. The summed E-state index contributed by atoms with van der Waals surface area (Å²) in [4.78, 5) is 27.7. The van der Waals surface area contributed by atoms with Crippen molar-refractivity contribution in [2.45, 2.75) is 33.6 Å². The quantitative estimate of drug-likeness (QED) is 0.646. The van der Waals surface area contributed by atoms with Crippen LogP contribution < -0.4 is 10.6 Å². The van der Waals surface area contributed by atoms with Gasteiger partial charge in [-0.3, -0.25) is 9.59 Å². The van der Waals surface area contributed by atoms with E-state index in [-0.39, 0.29) is 0 Å². The summed E-state index contributed by atoms with van der Waals surface area (Å²) in [5.74, 6) is -0.228. The molecule has 0 saturated carbocycles. The Kier molecular flexibility index (Phi) is 5.46. The number of hydrogen-bond acceptors (Lipinski definition) is 5. The first kappa shape index (κ1) is 16.7. The minimum absolute atomic E-state index is 0.362. The van der Waals surface area contributed by atoms with Crippen molar-refractivity contribution in [2.24, 2.45) is 0 Å². The molecule has 7 heteroatoms. The molecule has 0 fully saturated rings. The Morgan fingerprint density at radius 1 is 1.17 bits per heavy atom. The molecule has 0 bridgehead atoms. The number of aryl methyl sites for hydroxylation is 3. The summed E-state index contributed by atoms with van der Waals surface area (Å²) < 4.78 is 4.97. The number of nitrogens with zero attached hydrogens (tertiary/aromatic N) is 2. The van der Waals surface area contributed by atoms with Gasteiger partial charge < -0.3 is 15.2 Å². The van der Waals surface area contributed by atoms with Crippen molar-refractivity contribution in [3.05, 3.63) is 41.0 Å². The summed E-state index contributed by atoms with van der Waals surface area (Å²) in [5, 5.41) is 8.88. The Balaban J connectivity index is 1.76. The lowest BCUT2D eigenvalue weighted by molar-refractivity contribution is -0.136. The third-order valence-electron chi connectivity index (χ3n) is 3.48. The number of rotatable bonds is 5. The predicted molar refractivity (Wildman–Crippen MR) is 84.9 cm³/mol. The van der Waals surface area contributed by atoms with Crippen molar-refractivity contribution in [1.29, 1.82) is 0 Å². The maximum absolute atomic E-state index is 11.9. The molecule has 0 saturated heterocycles. The van der Waals surface area contributed by atoms with E-state index < -0.39 is 11.8 Å². The van der Waals surface area contributed by atoms with Crippen molar-refractivity contribution in [1.82, 2.24) is 15.5 Å². The third-order valence-corrected chi connectivity index (χ3v) is 3.48.